The maximum Gasteiger partial charge on any atom is 0.0522 e. The number of rotatable bonds is 4. The summed E-state index contributed by atoms with van der Waals surface area (Å²) in [6.07, 6.45) is 4.65. The number of hydrogen-bond acceptors (Lipinski definition) is 2. The van der Waals surface area contributed by atoms with E-state index in [4.69, 9.17) is 17.3 Å². The lowest BCUT2D eigenvalue weighted by atomic mass is 9.87. The molecule has 1 aromatic carbocycles. The molecular formula is C14H18ClN3. The van der Waals surface area contributed by atoms with E-state index in [1.165, 1.54) is 0 Å². The summed E-state index contributed by atoms with van der Waals surface area (Å²) < 4.78 is 1.91. The van der Waals surface area contributed by atoms with Crippen molar-refractivity contribution in [3.63, 3.8) is 0 Å². The fourth-order valence-electron chi connectivity index (χ4n) is 2.04. The molecule has 0 amide bonds. The van der Waals surface area contributed by atoms with Crippen LogP contribution in [0.25, 0.3) is 0 Å². The van der Waals surface area contributed by atoms with Crippen molar-refractivity contribution in [3.8, 4) is 0 Å². The highest BCUT2D eigenvalue weighted by atomic mass is 35.5. The van der Waals surface area contributed by atoms with Crippen molar-refractivity contribution in [2.45, 2.75) is 32.4 Å². The first-order valence-electron chi connectivity index (χ1n) is 6.07. The van der Waals surface area contributed by atoms with Crippen LogP contribution in [0, 0.1) is 0 Å². The Hall–Kier alpha value is -1.32. The highest BCUT2D eigenvalue weighted by Gasteiger charge is 2.22. The summed E-state index contributed by atoms with van der Waals surface area (Å²) >= 11 is 6.01. The number of benzene rings is 1. The van der Waals surface area contributed by atoms with Crippen LogP contribution in [0.3, 0.4) is 0 Å². The summed E-state index contributed by atoms with van der Waals surface area (Å²) in [4.78, 5) is 0. The molecule has 18 heavy (non-hydrogen) atoms. The summed E-state index contributed by atoms with van der Waals surface area (Å²) in [6, 6.07) is 7.72. The molecule has 0 saturated carbocycles. The number of aryl methyl sites for hydroxylation is 1. The van der Waals surface area contributed by atoms with Gasteiger partial charge >= 0.3 is 0 Å². The quantitative estimate of drug-likeness (QED) is 0.922. The van der Waals surface area contributed by atoms with E-state index in [1.807, 2.05) is 48.3 Å². The Bertz CT molecular complexity index is 531. The first-order valence-corrected chi connectivity index (χ1v) is 6.45. The Labute approximate surface area is 113 Å². The molecular weight excluding hydrogens is 246 g/mol. The lowest BCUT2D eigenvalue weighted by Gasteiger charge is -2.24. The molecule has 0 bridgehead atoms. The van der Waals surface area contributed by atoms with E-state index in [1.54, 1.807) is 0 Å². The Morgan fingerprint density at radius 1 is 1.44 bits per heavy atom. The Morgan fingerprint density at radius 3 is 2.83 bits per heavy atom. The van der Waals surface area contributed by atoms with Crippen LogP contribution >= 0.6 is 11.6 Å². The monoisotopic (exact) mass is 263 g/mol. The molecule has 0 saturated heterocycles. The van der Waals surface area contributed by atoms with E-state index < -0.39 is 5.54 Å². The highest BCUT2D eigenvalue weighted by Crippen LogP contribution is 2.24. The minimum absolute atomic E-state index is 0.438. The highest BCUT2D eigenvalue weighted by molar-refractivity contribution is 6.30. The Morgan fingerprint density at radius 2 is 2.22 bits per heavy atom. The first-order chi connectivity index (χ1) is 8.51. The molecule has 1 aromatic heterocycles. The maximum atomic E-state index is 6.39. The van der Waals surface area contributed by atoms with E-state index in [9.17, 15) is 0 Å². The second kappa shape index (κ2) is 5.12. The fourth-order valence-corrected chi connectivity index (χ4v) is 2.23. The molecule has 1 heterocycles. The zero-order valence-corrected chi connectivity index (χ0v) is 11.5. The van der Waals surface area contributed by atoms with Gasteiger partial charge in [-0.1, -0.05) is 23.7 Å². The topological polar surface area (TPSA) is 43.8 Å². The third-order valence-electron chi connectivity index (χ3n) is 3.07. The standard InChI is InChI=1S/C14H18ClN3/c1-3-18-10-11(9-17-18)8-14(2,16)12-5-4-6-13(15)7-12/h4-7,9-10H,3,8,16H2,1-2H3. The Kier molecular flexibility index (Phi) is 3.73. The number of hydrogen-bond donors (Lipinski definition) is 1. The predicted molar refractivity (Wildman–Crippen MR) is 74.6 cm³/mol. The van der Waals surface area contributed by atoms with Gasteiger partial charge in [-0.05, 0) is 43.5 Å². The smallest absolute Gasteiger partial charge is 0.0522 e. The van der Waals surface area contributed by atoms with Crippen molar-refractivity contribution in [2.24, 2.45) is 5.73 Å². The average molecular weight is 264 g/mol. The van der Waals surface area contributed by atoms with E-state index in [0.717, 1.165) is 24.1 Å². The lowest BCUT2D eigenvalue weighted by molar-refractivity contribution is 0.491. The molecule has 0 aliphatic heterocycles. The minimum atomic E-state index is -0.438. The van der Waals surface area contributed by atoms with Crippen LogP contribution in [-0.4, -0.2) is 9.78 Å². The number of aromatic nitrogens is 2. The van der Waals surface area contributed by atoms with E-state index >= 15 is 0 Å². The summed E-state index contributed by atoms with van der Waals surface area (Å²) in [6.45, 7) is 4.95. The minimum Gasteiger partial charge on any atom is -0.321 e. The number of nitrogens with two attached hydrogens (primary N) is 1. The van der Waals surface area contributed by atoms with Crippen LogP contribution in [0.15, 0.2) is 36.7 Å². The van der Waals surface area contributed by atoms with Gasteiger partial charge in [0.1, 0.15) is 0 Å². The van der Waals surface area contributed by atoms with Crippen LogP contribution in [-0.2, 0) is 18.5 Å². The van der Waals surface area contributed by atoms with Gasteiger partial charge in [-0.3, -0.25) is 4.68 Å². The van der Waals surface area contributed by atoms with Crippen molar-refractivity contribution in [2.75, 3.05) is 0 Å². The second-order valence-corrected chi connectivity index (χ2v) is 5.25. The molecule has 0 aliphatic rings. The predicted octanol–water partition coefficient (Wildman–Crippen LogP) is 2.97. The van der Waals surface area contributed by atoms with Crippen molar-refractivity contribution in [1.82, 2.24) is 9.78 Å². The SMILES string of the molecule is CCn1cc(CC(C)(N)c2cccc(Cl)c2)cn1. The lowest BCUT2D eigenvalue weighted by Crippen LogP contribution is -2.35. The zero-order chi connectivity index (χ0) is 13.2. The number of halogens is 1. The van der Waals surface area contributed by atoms with Crippen molar-refractivity contribution in [3.05, 3.63) is 52.8 Å². The largest absolute Gasteiger partial charge is 0.321 e. The summed E-state index contributed by atoms with van der Waals surface area (Å²) in [7, 11) is 0. The average Bonchev–Trinajstić information content (AvgIpc) is 2.76. The molecule has 0 spiro atoms. The summed E-state index contributed by atoms with van der Waals surface area (Å²) in [5.41, 5.74) is 8.14. The van der Waals surface area contributed by atoms with Gasteiger partial charge in [0.25, 0.3) is 0 Å². The van der Waals surface area contributed by atoms with Crippen LogP contribution < -0.4 is 5.73 Å². The van der Waals surface area contributed by atoms with Crippen molar-refractivity contribution < 1.29 is 0 Å². The van der Waals surface area contributed by atoms with Gasteiger partial charge in [0, 0.05) is 23.3 Å². The van der Waals surface area contributed by atoms with Gasteiger partial charge in [0.15, 0.2) is 0 Å². The molecule has 2 N–H and O–H groups in total. The Balaban J connectivity index is 2.20. The summed E-state index contributed by atoms with van der Waals surface area (Å²) in [5, 5.41) is 4.98. The van der Waals surface area contributed by atoms with Crippen LogP contribution in [0.4, 0.5) is 0 Å². The zero-order valence-electron chi connectivity index (χ0n) is 10.7. The molecule has 1 unspecified atom stereocenters. The molecule has 4 heteroatoms. The fraction of sp³-hybridized carbons (Fsp3) is 0.357. The van der Waals surface area contributed by atoms with Crippen LogP contribution in [0.1, 0.15) is 25.0 Å². The van der Waals surface area contributed by atoms with Crippen molar-refractivity contribution >= 4 is 11.6 Å². The molecule has 96 valence electrons. The van der Waals surface area contributed by atoms with Gasteiger partial charge in [-0.2, -0.15) is 5.10 Å². The molecule has 2 aromatic rings. The third kappa shape index (κ3) is 2.92. The molecule has 0 radical (unpaired) electrons. The van der Waals surface area contributed by atoms with Crippen molar-refractivity contribution in [1.29, 1.82) is 0 Å². The second-order valence-electron chi connectivity index (χ2n) is 4.81. The normalized spacial score (nSPS) is 14.4. The van der Waals surface area contributed by atoms with E-state index in [2.05, 4.69) is 12.0 Å². The first kappa shape index (κ1) is 13.1. The van der Waals surface area contributed by atoms with E-state index in [0.29, 0.717) is 5.02 Å². The third-order valence-corrected chi connectivity index (χ3v) is 3.30. The number of nitrogens with zero attached hydrogens (tertiary/aromatic N) is 2. The van der Waals surface area contributed by atoms with Gasteiger partial charge in [-0.15, -0.1) is 0 Å². The summed E-state index contributed by atoms with van der Waals surface area (Å²) in [5.74, 6) is 0. The van der Waals surface area contributed by atoms with Gasteiger partial charge in [-0.25, -0.2) is 0 Å². The van der Waals surface area contributed by atoms with Gasteiger partial charge < -0.3 is 5.73 Å². The molecule has 2 rings (SSSR count). The van der Waals surface area contributed by atoms with Crippen LogP contribution in [0.2, 0.25) is 5.02 Å². The maximum absolute atomic E-state index is 6.39. The van der Waals surface area contributed by atoms with Gasteiger partial charge in [0.2, 0.25) is 0 Å². The molecule has 0 aliphatic carbocycles. The van der Waals surface area contributed by atoms with Gasteiger partial charge in [0.05, 0.1) is 6.20 Å². The molecule has 0 fully saturated rings. The molecule has 1 atom stereocenters. The van der Waals surface area contributed by atoms with E-state index in [-0.39, 0.29) is 0 Å². The van der Waals surface area contributed by atoms with Crippen LogP contribution in [0.5, 0.6) is 0 Å². The molecule has 3 nitrogen and oxygen atoms in total.